The summed E-state index contributed by atoms with van der Waals surface area (Å²) < 4.78 is 0. The van der Waals surface area contributed by atoms with E-state index in [1.165, 1.54) is 6.42 Å². The highest BCUT2D eigenvalue weighted by Crippen LogP contribution is 2.29. The van der Waals surface area contributed by atoms with Crippen LogP contribution in [0.25, 0.3) is 0 Å². The fourth-order valence-corrected chi connectivity index (χ4v) is 5.46. The zero-order chi connectivity index (χ0) is 24.7. The van der Waals surface area contributed by atoms with Gasteiger partial charge in [0.15, 0.2) is 0 Å². The molecule has 3 fully saturated rings. The predicted molar refractivity (Wildman–Crippen MR) is 128 cm³/mol. The standard InChI is InChI=1S/C25H42N4O5/c1-3-25(2)24(34)27-19(16-17-10-5-4-6-11-17)23(33)29-14-9-13-20(29)22(32)26-18(21(31)28-25)12-7-8-15-30/h17-20,30H,3-16H2,1-2H3,(H,26,32)(H,27,34)(H,28,31)/t18-,19-,20+,25-/m0/s1. The number of unbranched alkanes of at least 4 members (excludes halogenated alkanes) is 1. The fourth-order valence-electron chi connectivity index (χ4n) is 5.46. The van der Waals surface area contributed by atoms with E-state index in [0.717, 1.165) is 25.7 Å². The molecule has 0 bridgehead atoms. The van der Waals surface area contributed by atoms with Gasteiger partial charge in [-0.1, -0.05) is 39.0 Å². The Morgan fingerprint density at radius 1 is 0.941 bits per heavy atom. The average Bonchev–Trinajstić information content (AvgIpc) is 3.32. The summed E-state index contributed by atoms with van der Waals surface area (Å²) in [5, 5.41) is 17.8. The molecule has 1 aliphatic carbocycles. The van der Waals surface area contributed by atoms with Gasteiger partial charge in [-0.2, -0.15) is 0 Å². The molecule has 0 aromatic heterocycles. The number of carbonyl (C=O) groups is 4. The Morgan fingerprint density at radius 3 is 2.35 bits per heavy atom. The summed E-state index contributed by atoms with van der Waals surface area (Å²) in [5.74, 6) is -0.931. The molecule has 0 radical (unpaired) electrons. The van der Waals surface area contributed by atoms with Crippen molar-refractivity contribution in [3.05, 3.63) is 0 Å². The van der Waals surface area contributed by atoms with E-state index in [9.17, 15) is 19.2 Å². The van der Waals surface area contributed by atoms with E-state index in [2.05, 4.69) is 16.0 Å². The van der Waals surface area contributed by atoms with Crippen LogP contribution in [0.5, 0.6) is 0 Å². The Morgan fingerprint density at radius 2 is 1.68 bits per heavy atom. The molecule has 2 saturated heterocycles. The minimum atomic E-state index is -1.20. The molecule has 192 valence electrons. The first-order valence-corrected chi connectivity index (χ1v) is 13.1. The van der Waals surface area contributed by atoms with Crippen molar-refractivity contribution in [2.24, 2.45) is 5.92 Å². The minimum absolute atomic E-state index is 0.00462. The number of aliphatic hydroxyl groups excluding tert-OH is 1. The molecule has 3 aliphatic rings. The molecule has 0 unspecified atom stereocenters. The first-order chi connectivity index (χ1) is 16.3. The molecule has 3 rings (SSSR count). The Labute approximate surface area is 202 Å². The summed E-state index contributed by atoms with van der Waals surface area (Å²) in [4.78, 5) is 55.1. The Kier molecular flexibility index (Phi) is 9.33. The number of aliphatic hydroxyl groups is 1. The van der Waals surface area contributed by atoms with Gasteiger partial charge in [0.2, 0.25) is 23.6 Å². The number of amides is 4. The van der Waals surface area contributed by atoms with Crippen LogP contribution in [0.1, 0.15) is 90.9 Å². The molecule has 4 N–H and O–H groups in total. The quantitative estimate of drug-likeness (QED) is 0.411. The normalized spacial score (nSPS) is 31.7. The summed E-state index contributed by atoms with van der Waals surface area (Å²) in [7, 11) is 0. The van der Waals surface area contributed by atoms with Gasteiger partial charge in [-0.05, 0) is 57.8 Å². The van der Waals surface area contributed by atoms with E-state index in [1.807, 2.05) is 6.92 Å². The van der Waals surface area contributed by atoms with Crippen LogP contribution in [0.3, 0.4) is 0 Å². The lowest BCUT2D eigenvalue weighted by atomic mass is 9.84. The number of nitrogens with zero attached hydrogens (tertiary/aromatic N) is 1. The second kappa shape index (κ2) is 12.0. The number of nitrogens with one attached hydrogen (secondary N) is 3. The SMILES string of the molecule is CC[C@]1(C)NC(=O)[C@H](CCCCO)NC(=O)[C@H]2CCCN2C(=O)[C@H](CC2CCCCC2)NC1=O. The molecule has 4 atom stereocenters. The molecule has 0 aromatic rings. The molecule has 9 nitrogen and oxygen atoms in total. The Bertz CT molecular complexity index is 754. The van der Waals surface area contributed by atoms with Crippen molar-refractivity contribution in [2.75, 3.05) is 13.2 Å². The summed E-state index contributed by atoms with van der Waals surface area (Å²) in [5.41, 5.74) is -1.20. The number of hydrogen-bond acceptors (Lipinski definition) is 5. The number of fused-ring (bicyclic) bond motifs is 1. The van der Waals surface area contributed by atoms with Crippen LogP contribution in [-0.2, 0) is 19.2 Å². The van der Waals surface area contributed by atoms with Gasteiger partial charge in [0.1, 0.15) is 23.7 Å². The van der Waals surface area contributed by atoms with Gasteiger partial charge in [0.25, 0.3) is 0 Å². The first kappa shape index (κ1) is 26.4. The van der Waals surface area contributed by atoms with Gasteiger partial charge in [-0.25, -0.2) is 0 Å². The number of hydrogen-bond donors (Lipinski definition) is 4. The second-order valence-corrected chi connectivity index (χ2v) is 10.4. The van der Waals surface area contributed by atoms with Crippen LogP contribution in [0.15, 0.2) is 0 Å². The molecule has 0 aromatic carbocycles. The average molecular weight is 479 g/mol. The molecule has 1 saturated carbocycles. The highest BCUT2D eigenvalue weighted by Gasteiger charge is 2.43. The van der Waals surface area contributed by atoms with E-state index in [1.54, 1.807) is 11.8 Å². The van der Waals surface area contributed by atoms with Crippen molar-refractivity contribution in [1.29, 1.82) is 0 Å². The summed E-state index contributed by atoms with van der Waals surface area (Å²) in [6.45, 7) is 3.96. The highest BCUT2D eigenvalue weighted by molar-refractivity contribution is 5.99. The van der Waals surface area contributed by atoms with Crippen LogP contribution in [0, 0.1) is 5.92 Å². The maximum atomic E-state index is 13.7. The van der Waals surface area contributed by atoms with Gasteiger partial charge < -0.3 is 26.0 Å². The Hall–Kier alpha value is -2.16. The molecule has 2 aliphatic heterocycles. The van der Waals surface area contributed by atoms with Gasteiger partial charge >= 0.3 is 0 Å². The zero-order valence-electron chi connectivity index (χ0n) is 20.7. The van der Waals surface area contributed by atoms with Crippen LogP contribution in [0.2, 0.25) is 0 Å². The third-order valence-corrected chi connectivity index (χ3v) is 7.88. The molecule has 0 spiro atoms. The zero-order valence-corrected chi connectivity index (χ0v) is 20.7. The molecular weight excluding hydrogens is 436 g/mol. The highest BCUT2D eigenvalue weighted by atomic mass is 16.3. The van der Waals surface area contributed by atoms with E-state index in [-0.39, 0.29) is 24.3 Å². The summed E-state index contributed by atoms with van der Waals surface area (Å²) in [6.07, 6.45) is 9.14. The molecule has 9 heteroatoms. The van der Waals surface area contributed by atoms with Crippen LogP contribution >= 0.6 is 0 Å². The van der Waals surface area contributed by atoms with Crippen molar-refractivity contribution in [2.45, 2.75) is 115 Å². The van der Waals surface area contributed by atoms with Crippen LogP contribution in [0.4, 0.5) is 0 Å². The van der Waals surface area contributed by atoms with Crippen molar-refractivity contribution >= 4 is 23.6 Å². The van der Waals surface area contributed by atoms with Gasteiger partial charge in [0, 0.05) is 13.2 Å². The van der Waals surface area contributed by atoms with E-state index >= 15 is 0 Å². The monoisotopic (exact) mass is 478 g/mol. The number of rotatable bonds is 7. The maximum absolute atomic E-state index is 13.7. The molecule has 4 amide bonds. The third-order valence-electron chi connectivity index (χ3n) is 7.88. The maximum Gasteiger partial charge on any atom is 0.246 e. The lowest BCUT2D eigenvalue weighted by molar-refractivity contribution is -0.145. The van der Waals surface area contributed by atoms with Gasteiger partial charge in [-0.3, -0.25) is 19.2 Å². The molecular formula is C25H42N4O5. The van der Waals surface area contributed by atoms with E-state index in [0.29, 0.717) is 57.4 Å². The van der Waals surface area contributed by atoms with Crippen molar-refractivity contribution in [1.82, 2.24) is 20.9 Å². The largest absolute Gasteiger partial charge is 0.396 e. The summed E-state index contributed by atoms with van der Waals surface area (Å²) in [6, 6.07) is -2.16. The van der Waals surface area contributed by atoms with Gasteiger partial charge in [-0.15, -0.1) is 0 Å². The topological polar surface area (TPSA) is 128 Å². The molecule has 34 heavy (non-hydrogen) atoms. The molecule has 2 heterocycles. The second-order valence-electron chi connectivity index (χ2n) is 10.4. The van der Waals surface area contributed by atoms with Crippen LogP contribution in [-0.4, -0.2) is 70.5 Å². The fraction of sp³-hybridized carbons (Fsp3) is 0.840. The lowest BCUT2D eigenvalue weighted by Crippen LogP contribution is -2.65. The van der Waals surface area contributed by atoms with Crippen molar-refractivity contribution < 1.29 is 24.3 Å². The number of carbonyl (C=O) groups excluding carboxylic acids is 4. The summed E-state index contributed by atoms with van der Waals surface area (Å²) >= 11 is 0. The van der Waals surface area contributed by atoms with E-state index in [4.69, 9.17) is 5.11 Å². The minimum Gasteiger partial charge on any atom is -0.396 e. The van der Waals surface area contributed by atoms with E-state index < -0.39 is 29.6 Å². The smallest absolute Gasteiger partial charge is 0.246 e. The van der Waals surface area contributed by atoms with Crippen molar-refractivity contribution in [3.8, 4) is 0 Å². The van der Waals surface area contributed by atoms with Crippen LogP contribution < -0.4 is 16.0 Å². The first-order valence-electron chi connectivity index (χ1n) is 13.1. The predicted octanol–water partition coefficient (Wildman–Crippen LogP) is 1.38. The Balaban J connectivity index is 1.89. The lowest BCUT2D eigenvalue weighted by Gasteiger charge is -2.37. The van der Waals surface area contributed by atoms with Gasteiger partial charge in [0.05, 0.1) is 0 Å². The third kappa shape index (κ3) is 6.29. The van der Waals surface area contributed by atoms with Crippen molar-refractivity contribution in [3.63, 3.8) is 0 Å².